The molecular weight excluding hydrogens is 292 g/mol. The number of halogens is 1. The second-order valence-corrected chi connectivity index (χ2v) is 6.13. The summed E-state index contributed by atoms with van der Waals surface area (Å²) in [7, 11) is 0. The van der Waals surface area contributed by atoms with Gasteiger partial charge >= 0.3 is 0 Å². The Balaban J connectivity index is 2.05. The van der Waals surface area contributed by atoms with Crippen molar-refractivity contribution < 1.29 is 4.79 Å². The number of benzene rings is 1. The summed E-state index contributed by atoms with van der Waals surface area (Å²) in [6.07, 6.45) is 2.12. The van der Waals surface area contributed by atoms with Gasteiger partial charge in [0.2, 0.25) is 5.91 Å². The van der Waals surface area contributed by atoms with Crippen LogP contribution in [0.25, 0.3) is 0 Å². The molecule has 0 heterocycles. The molecule has 1 aromatic carbocycles. The quantitative estimate of drug-likeness (QED) is 0.898. The Morgan fingerprint density at radius 1 is 1.50 bits per heavy atom. The van der Waals surface area contributed by atoms with Crippen LogP contribution in [0.5, 0.6) is 0 Å². The van der Waals surface area contributed by atoms with Crippen LogP contribution in [0, 0.1) is 5.92 Å². The first kappa shape index (κ1) is 13.6. The molecule has 0 saturated heterocycles. The molecule has 1 aliphatic rings. The van der Waals surface area contributed by atoms with Gasteiger partial charge in [-0.2, -0.15) is 0 Å². The lowest BCUT2D eigenvalue weighted by Crippen LogP contribution is -2.53. The molecule has 1 amide bonds. The van der Waals surface area contributed by atoms with E-state index in [4.69, 9.17) is 5.73 Å². The zero-order valence-corrected chi connectivity index (χ0v) is 12.3. The van der Waals surface area contributed by atoms with Gasteiger partial charge in [0.15, 0.2) is 0 Å². The van der Waals surface area contributed by atoms with Gasteiger partial charge < -0.3 is 11.1 Å². The molecule has 1 aromatic rings. The van der Waals surface area contributed by atoms with Crippen LogP contribution in [0.3, 0.4) is 0 Å². The fraction of sp³-hybridized carbons (Fsp3) is 0.500. The average Bonchev–Trinajstić information content (AvgIpc) is 3.13. The second-order valence-electron chi connectivity index (χ2n) is 5.27. The lowest BCUT2D eigenvalue weighted by atomic mass is 9.95. The van der Waals surface area contributed by atoms with Crippen LogP contribution in [0.15, 0.2) is 28.7 Å². The number of nitrogens with two attached hydrogens (primary N) is 1. The zero-order chi connectivity index (χ0) is 13.3. The highest BCUT2D eigenvalue weighted by atomic mass is 79.9. The van der Waals surface area contributed by atoms with Crippen molar-refractivity contribution in [3.8, 4) is 0 Å². The van der Waals surface area contributed by atoms with Crippen LogP contribution in [0.2, 0.25) is 0 Å². The van der Waals surface area contributed by atoms with E-state index >= 15 is 0 Å². The van der Waals surface area contributed by atoms with Crippen molar-refractivity contribution >= 4 is 21.8 Å². The summed E-state index contributed by atoms with van der Waals surface area (Å²) in [5, 5.41) is 3.00. The lowest BCUT2D eigenvalue weighted by Gasteiger charge is -2.26. The van der Waals surface area contributed by atoms with Gasteiger partial charge in [0, 0.05) is 4.47 Å². The Morgan fingerprint density at radius 2 is 2.11 bits per heavy atom. The van der Waals surface area contributed by atoms with Crippen molar-refractivity contribution in [3.63, 3.8) is 0 Å². The summed E-state index contributed by atoms with van der Waals surface area (Å²) in [6, 6.07) is 7.85. The van der Waals surface area contributed by atoms with Gasteiger partial charge in [-0.15, -0.1) is 0 Å². The number of amides is 1. The number of nitrogens with one attached hydrogen (secondary N) is 1. The summed E-state index contributed by atoms with van der Waals surface area (Å²) in [4.78, 5) is 12.2. The topological polar surface area (TPSA) is 55.1 Å². The van der Waals surface area contributed by atoms with E-state index in [0.717, 1.165) is 22.9 Å². The summed E-state index contributed by atoms with van der Waals surface area (Å²) >= 11 is 3.50. The molecule has 0 spiro atoms. The van der Waals surface area contributed by atoms with Gasteiger partial charge in [0.1, 0.15) is 0 Å². The van der Waals surface area contributed by atoms with E-state index in [2.05, 4.69) is 21.2 Å². The van der Waals surface area contributed by atoms with Crippen molar-refractivity contribution in [3.05, 3.63) is 34.3 Å². The molecule has 1 aliphatic carbocycles. The Labute approximate surface area is 116 Å². The molecule has 0 aliphatic heterocycles. The van der Waals surface area contributed by atoms with Gasteiger partial charge in [-0.25, -0.2) is 0 Å². The predicted octanol–water partition coefficient (Wildman–Crippen LogP) is 2.75. The van der Waals surface area contributed by atoms with E-state index in [1.807, 2.05) is 38.1 Å². The Kier molecular flexibility index (Phi) is 3.78. The first-order valence-corrected chi connectivity index (χ1v) is 7.06. The molecule has 18 heavy (non-hydrogen) atoms. The third-order valence-corrected chi connectivity index (χ3v) is 4.36. The molecule has 3 nitrogen and oxygen atoms in total. The van der Waals surface area contributed by atoms with E-state index in [1.165, 1.54) is 0 Å². The van der Waals surface area contributed by atoms with E-state index in [1.54, 1.807) is 0 Å². The Bertz CT molecular complexity index is 455. The number of carbonyl (C=O) groups excluding carboxylic acids is 1. The van der Waals surface area contributed by atoms with E-state index in [9.17, 15) is 4.79 Å². The minimum absolute atomic E-state index is 0.0466. The highest BCUT2D eigenvalue weighted by Gasteiger charge is 2.44. The molecule has 1 unspecified atom stereocenters. The van der Waals surface area contributed by atoms with Crippen LogP contribution in [-0.2, 0) is 4.79 Å². The number of carbonyl (C=O) groups is 1. The standard InChI is InChI=1S/C14H19BrN2O/c1-9(11-5-3-4-6-12(11)15)17-13(18)14(2,16)10-7-8-10/h3-6,9-10H,7-8,16H2,1-2H3,(H,17,18)/t9-,14?/m0/s1. The molecular formula is C14H19BrN2O. The molecule has 2 rings (SSSR count). The third kappa shape index (κ3) is 2.75. The molecule has 0 aromatic heterocycles. The van der Waals surface area contributed by atoms with Crippen LogP contribution >= 0.6 is 15.9 Å². The molecule has 3 N–H and O–H groups in total. The molecule has 1 saturated carbocycles. The first-order chi connectivity index (χ1) is 8.43. The lowest BCUT2D eigenvalue weighted by molar-refractivity contribution is -0.127. The SMILES string of the molecule is C[C@H](NC(=O)C(C)(N)C1CC1)c1ccccc1Br. The summed E-state index contributed by atoms with van der Waals surface area (Å²) in [5.41, 5.74) is 6.43. The summed E-state index contributed by atoms with van der Waals surface area (Å²) < 4.78 is 1.00. The first-order valence-electron chi connectivity index (χ1n) is 6.27. The largest absolute Gasteiger partial charge is 0.348 e. The van der Waals surface area contributed by atoms with Crippen LogP contribution in [-0.4, -0.2) is 11.4 Å². The highest BCUT2D eigenvalue weighted by molar-refractivity contribution is 9.10. The molecule has 98 valence electrons. The number of hydrogen-bond acceptors (Lipinski definition) is 2. The van der Waals surface area contributed by atoms with Crippen LogP contribution < -0.4 is 11.1 Å². The normalized spacial score (nSPS) is 20.0. The maximum Gasteiger partial charge on any atom is 0.240 e. The number of rotatable bonds is 4. The Morgan fingerprint density at radius 3 is 2.67 bits per heavy atom. The van der Waals surface area contributed by atoms with Crippen molar-refractivity contribution in [1.82, 2.24) is 5.32 Å². The fourth-order valence-electron chi connectivity index (χ4n) is 2.12. The number of hydrogen-bond donors (Lipinski definition) is 2. The van der Waals surface area contributed by atoms with Crippen molar-refractivity contribution in [2.75, 3.05) is 0 Å². The van der Waals surface area contributed by atoms with E-state index in [-0.39, 0.29) is 11.9 Å². The fourth-order valence-corrected chi connectivity index (χ4v) is 2.75. The summed E-state index contributed by atoms with van der Waals surface area (Å²) in [5.74, 6) is 0.275. The van der Waals surface area contributed by atoms with Gasteiger partial charge in [0.25, 0.3) is 0 Å². The van der Waals surface area contributed by atoms with E-state index < -0.39 is 5.54 Å². The monoisotopic (exact) mass is 310 g/mol. The predicted molar refractivity (Wildman–Crippen MR) is 76.0 cm³/mol. The van der Waals surface area contributed by atoms with Crippen molar-refractivity contribution in [2.24, 2.45) is 11.7 Å². The van der Waals surface area contributed by atoms with Gasteiger partial charge in [0.05, 0.1) is 11.6 Å². The minimum Gasteiger partial charge on any atom is -0.348 e. The van der Waals surface area contributed by atoms with Crippen LogP contribution in [0.4, 0.5) is 0 Å². The van der Waals surface area contributed by atoms with Gasteiger partial charge in [-0.3, -0.25) is 4.79 Å². The van der Waals surface area contributed by atoms with Crippen molar-refractivity contribution in [2.45, 2.75) is 38.3 Å². The smallest absolute Gasteiger partial charge is 0.240 e. The Hall–Kier alpha value is -0.870. The van der Waals surface area contributed by atoms with Gasteiger partial charge in [-0.1, -0.05) is 34.1 Å². The maximum absolute atomic E-state index is 12.2. The minimum atomic E-state index is -0.741. The van der Waals surface area contributed by atoms with Gasteiger partial charge in [-0.05, 0) is 44.2 Å². The third-order valence-electron chi connectivity index (χ3n) is 3.63. The molecule has 4 heteroatoms. The maximum atomic E-state index is 12.2. The highest BCUT2D eigenvalue weighted by Crippen LogP contribution is 2.38. The average molecular weight is 311 g/mol. The van der Waals surface area contributed by atoms with Crippen LogP contribution in [0.1, 0.15) is 38.3 Å². The summed E-state index contributed by atoms with van der Waals surface area (Å²) in [6.45, 7) is 3.80. The van der Waals surface area contributed by atoms with Crippen molar-refractivity contribution in [1.29, 1.82) is 0 Å². The molecule has 1 fully saturated rings. The second kappa shape index (κ2) is 5.02. The molecule has 0 bridgehead atoms. The van der Waals surface area contributed by atoms with E-state index in [0.29, 0.717) is 5.92 Å². The molecule has 2 atom stereocenters. The molecule has 0 radical (unpaired) electrons. The zero-order valence-electron chi connectivity index (χ0n) is 10.7.